The Balaban J connectivity index is 2.13. The smallest absolute Gasteiger partial charge is 0.196 e. The maximum Gasteiger partial charge on any atom is 0.196 e. The van der Waals surface area contributed by atoms with E-state index in [0.29, 0.717) is 27.0 Å². The number of rotatable bonds is 5. The van der Waals surface area contributed by atoms with Gasteiger partial charge in [-0.1, -0.05) is 30.3 Å². The van der Waals surface area contributed by atoms with Crippen LogP contribution in [0.15, 0.2) is 38.6 Å². The minimum absolute atomic E-state index is 0.204. The number of fused-ring (bicyclic) bond motifs is 1. The summed E-state index contributed by atoms with van der Waals surface area (Å²) in [5.74, 6) is 0.301. The first-order valence-electron chi connectivity index (χ1n) is 8.61. The van der Waals surface area contributed by atoms with E-state index in [0.717, 1.165) is 17.1 Å². The Labute approximate surface area is 166 Å². The minimum Gasteiger partial charge on any atom is -0.449 e. The van der Waals surface area contributed by atoms with Crippen molar-refractivity contribution in [3.63, 3.8) is 0 Å². The van der Waals surface area contributed by atoms with Crippen LogP contribution in [0.4, 0.5) is 10.1 Å². The summed E-state index contributed by atoms with van der Waals surface area (Å²) in [5, 5.41) is 4.53. The molecule has 0 bridgehead atoms. The predicted molar refractivity (Wildman–Crippen MR) is 110 cm³/mol. The van der Waals surface area contributed by atoms with Gasteiger partial charge in [0.15, 0.2) is 10.5 Å². The van der Waals surface area contributed by atoms with Crippen LogP contribution in [0.5, 0.6) is 0 Å². The van der Waals surface area contributed by atoms with E-state index in [2.05, 4.69) is 10.3 Å². The summed E-state index contributed by atoms with van der Waals surface area (Å²) in [4.78, 5) is 16.9. The lowest BCUT2D eigenvalue weighted by molar-refractivity contribution is 0.486. The van der Waals surface area contributed by atoms with Crippen LogP contribution in [0, 0.1) is 19.7 Å². The van der Waals surface area contributed by atoms with Crippen molar-refractivity contribution in [1.82, 2.24) is 4.98 Å². The molecule has 0 amide bonds. The van der Waals surface area contributed by atoms with Crippen LogP contribution in [0.1, 0.15) is 36.7 Å². The molecular formula is C20H20ClFN2O2S. The molecule has 4 nitrogen and oxygen atoms in total. The Morgan fingerprint density at radius 3 is 2.74 bits per heavy atom. The van der Waals surface area contributed by atoms with Crippen LogP contribution in [-0.4, -0.2) is 10.7 Å². The average molecular weight is 407 g/mol. The van der Waals surface area contributed by atoms with E-state index < -0.39 is 5.82 Å². The van der Waals surface area contributed by atoms with Gasteiger partial charge in [0.2, 0.25) is 0 Å². The standard InChI is InChI=1S/C20H20ClFN2O2S/c1-5-27-20-10(2)18(25)15-9-13(22)8-14(19(15)26-20)11(3)23-16-6-7-17(21)24-12(16)4/h6-9,11,23H,5H2,1-4H3/t11-/m1/s1. The average Bonchev–Trinajstić information content (AvgIpc) is 2.62. The number of hydrogen-bond donors (Lipinski definition) is 1. The topological polar surface area (TPSA) is 55.1 Å². The molecule has 142 valence electrons. The second-order valence-corrected chi connectivity index (χ2v) is 7.91. The van der Waals surface area contributed by atoms with Crippen molar-refractivity contribution in [2.75, 3.05) is 11.1 Å². The zero-order valence-electron chi connectivity index (χ0n) is 15.5. The molecule has 3 rings (SSSR count). The Bertz CT molecular complexity index is 1070. The zero-order chi connectivity index (χ0) is 19.7. The van der Waals surface area contributed by atoms with Crippen LogP contribution in [0.2, 0.25) is 5.15 Å². The molecule has 0 unspecified atom stereocenters. The quantitative estimate of drug-likeness (QED) is 0.423. The first kappa shape index (κ1) is 19.7. The first-order chi connectivity index (χ1) is 12.8. The first-order valence-corrected chi connectivity index (χ1v) is 9.97. The molecule has 0 spiro atoms. The molecule has 0 radical (unpaired) electrons. The molecule has 2 heterocycles. The van der Waals surface area contributed by atoms with Crippen molar-refractivity contribution < 1.29 is 8.81 Å². The molecule has 1 aromatic carbocycles. The van der Waals surface area contributed by atoms with Crippen molar-refractivity contribution in [2.45, 2.75) is 38.8 Å². The lowest BCUT2D eigenvalue weighted by atomic mass is 10.0. The molecule has 0 aliphatic carbocycles. The van der Waals surface area contributed by atoms with E-state index in [-0.39, 0.29) is 16.9 Å². The van der Waals surface area contributed by atoms with Crippen LogP contribution in [0.25, 0.3) is 11.0 Å². The second-order valence-electron chi connectivity index (χ2n) is 6.28. The highest BCUT2D eigenvalue weighted by molar-refractivity contribution is 7.99. The Hall–Kier alpha value is -2.05. The van der Waals surface area contributed by atoms with Gasteiger partial charge in [-0.2, -0.15) is 0 Å². The Kier molecular flexibility index (Phi) is 5.77. The summed E-state index contributed by atoms with van der Waals surface area (Å²) in [7, 11) is 0. The normalized spacial score (nSPS) is 12.4. The monoisotopic (exact) mass is 406 g/mol. The summed E-state index contributed by atoms with van der Waals surface area (Å²) >= 11 is 7.37. The molecule has 1 N–H and O–H groups in total. The molecule has 1 atom stereocenters. The lowest BCUT2D eigenvalue weighted by Crippen LogP contribution is -2.13. The third-order valence-electron chi connectivity index (χ3n) is 4.33. The Morgan fingerprint density at radius 2 is 2.07 bits per heavy atom. The summed E-state index contributed by atoms with van der Waals surface area (Å²) < 4.78 is 20.3. The third kappa shape index (κ3) is 3.96. The molecule has 0 aliphatic rings. The van der Waals surface area contributed by atoms with Crippen molar-refractivity contribution in [3.8, 4) is 0 Å². The number of benzene rings is 1. The molecule has 0 fully saturated rings. The van der Waals surface area contributed by atoms with Crippen molar-refractivity contribution in [2.24, 2.45) is 0 Å². The SMILES string of the molecule is CCSc1oc2c([C@@H](C)Nc3ccc(Cl)nc3C)cc(F)cc2c(=O)c1C. The van der Waals surface area contributed by atoms with Crippen LogP contribution < -0.4 is 10.7 Å². The molecule has 3 aromatic rings. The van der Waals surface area contributed by atoms with Crippen LogP contribution in [-0.2, 0) is 0 Å². The highest BCUT2D eigenvalue weighted by atomic mass is 35.5. The van der Waals surface area contributed by atoms with E-state index in [4.69, 9.17) is 16.0 Å². The van der Waals surface area contributed by atoms with Gasteiger partial charge >= 0.3 is 0 Å². The number of nitrogens with zero attached hydrogens (tertiary/aromatic N) is 1. The van der Waals surface area contributed by atoms with Crippen molar-refractivity contribution in [1.29, 1.82) is 0 Å². The van der Waals surface area contributed by atoms with E-state index in [1.54, 1.807) is 13.0 Å². The molecule has 0 saturated heterocycles. The molecule has 2 aromatic heterocycles. The summed E-state index contributed by atoms with van der Waals surface area (Å²) in [6.45, 7) is 7.41. The maximum atomic E-state index is 14.2. The largest absolute Gasteiger partial charge is 0.449 e. The zero-order valence-corrected chi connectivity index (χ0v) is 17.1. The third-order valence-corrected chi connectivity index (χ3v) is 5.49. The minimum atomic E-state index is -0.473. The van der Waals surface area contributed by atoms with E-state index >= 15 is 0 Å². The summed E-state index contributed by atoms with van der Waals surface area (Å²) in [5.41, 5.74) is 2.79. The summed E-state index contributed by atoms with van der Waals surface area (Å²) in [6.07, 6.45) is 0. The number of pyridine rings is 1. The molecular weight excluding hydrogens is 387 g/mol. The van der Waals surface area contributed by atoms with Gasteiger partial charge in [-0.05, 0) is 50.8 Å². The predicted octanol–water partition coefficient (Wildman–Crippen LogP) is 5.88. The highest BCUT2D eigenvalue weighted by Gasteiger charge is 2.19. The highest BCUT2D eigenvalue weighted by Crippen LogP contribution is 2.32. The van der Waals surface area contributed by atoms with E-state index in [9.17, 15) is 9.18 Å². The number of halogens is 2. The van der Waals surface area contributed by atoms with E-state index in [1.807, 2.05) is 26.8 Å². The molecule has 7 heteroatoms. The number of aromatic nitrogens is 1. The molecule has 0 aliphatic heterocycles. The number of aryl methyl sites for hydroxylation is 1. The number of thioether (sulfide) groups is 1. The fraction of sp³-hybridized carbons (Fsp3) is 0.300. The van der Waals surface area contributed by atoms with Crippen molar-refractivity contribution in [3.05, 3.63) is 62.3 Å². The van der Waals surface area contributed by atoms with Gasteiger partial charge in [-0.25, -0.2) is 9.37 Å². The van der Waals surface area contributed by atoms with Gasteiger partial charge in [0.25, 0.3) is 0 Å². The van der Waals surface area contributed by atoms with Gasteiger partial charge in [0, 0.05) is 11.1 Å². The number of nitrogens with one attached hydrogen (secondary N) is 1. The van der Waals surface area contributed by atoms with Gasteiger partial charge in [0.05, 0.1) is 22.8 Å². The van der Waals surface area contributed by atoms with Crippen LogP contribution >= 0.6 is 23.4 Å². The fourth-order valence-corrected chi connectivity index (χ4v) is 3.85. The second kappa shape index (κ2) is 7.90. The maximum absolute atomic E-state index is 14.2. The number of hydrogen-bond acceptors (Lipinski definition) is 5. The van der Waals surface area contributed by atoms with Crippen molar-refractivity contribution >= 4 is 40.0 Å². The fourth-order valence-electron chi connectivity index (χ4n) is 2.95. The summed E-state index contributed by atoms with van der Waals surface area (Å²) in [6, 6.07) is 5.83. The van der Waals surface area contributed by atoms with Crippen LogP contribution in [0.3, 0.4) is 0 Å². The lowest BCUT2D eigenvalue weighted by Gasteiger charge is -2.19. The van der Waals surface area contributed by atoms with Gasteiger partial charge < -0.3 is 9.73 Å². The molecule has 27 heavy (non-hydrogen) atoms. The van der Waals surface area contributed by atoms with Gasteiger partial charge in [-0.15, -0.1) is 0 Å². The Morgan fingerprint density at radius 1 is 1.33 bits per heavy atom. The van der Waals surface area contributed by atoms with Gasteiger partial charge in [0.1, 0.15) is 16.6 Å². The van der Waals surface area contributed by atoms with E-state index in [1.165, 1.54) is 23.9 Å². The molecule has 0 saturated carbocycles. The van der Waals surface area contributed by atoms with Gasteiger partial charge in [-0.3, -0.25) is 4.79 Å². The number of anilines is 1.